The number of benzene rings is 1. The molecule has 1 unspecified atom stereocenters. The third-order valence-corrected chi connectivity index (χ3v) is 2.62. The van der Waals surface area contributed by atoms with Gasteiger partial charge in [-0.1, -0.05) is 30.3 Å². The van der Waals surface area contributed by atoms with Crippen LogP contribution in [0.3, 0.4) is 0 Å². The van der Waals surface area contributed by atoms with Crippen molar-refractivity contribution >= 4 is 6.09 Å². The number of alkyl carbamates (subject to hydrolysis) is 1. The van der Waals surface area contributed by atoms with E-state index in [1.807, 2.05) is 48.0 Å². The first-order valence-corrected chi connectivity index (χ1v) is 6.17. The van der Waals surface area contributed by atoms with Crippen molar-refractivity contribution in [1.29, 1.82) is 0 Å². The van der Waals surface area contributed by atoms with E-state index in [-0.39, 0.29) is 12.6 Å². The Hall–Kier alpha value is -2.30. The van der Waals surface area contributed by atoms with Crippen LogP contribution in [0.4, 0.5) is 4.79 Å². The molecule has 0 aliphatic rings. The molecule has 5 nitrogen and oxygen atoms in total. The highest BCUT2D eigenvalue weighted by molar-refractivity contribution is 5.67. The van der Waals surface area contributed by atoms with Gasteiger partial charge in [-0.2, -0.15) is 0 Å². The first-order chi connectivity index (χ1) is 9.24. The zero-order valence-corrected chi connectivity index (χ0v) is 10.8. The largest absolute Gasteiger partial charge is 0.445 e. The van der Waals surface area contributed by atoms with Gasteiger partial charge in [-0.05, 0) is 12.5 Å². The fraction of sp³-hybridized carbons (Fsp3) is 0.286. The molecule has 1 amide bonds. The Morgan fingerprint density at radius 3 is 2.89 bits per heavy atom. The van der Waals surface area contributed by atoms with Crippen LogP contribution in [-0.4, -0.2) is 21.7 Å². The number of imidazole rings is 1. The number of hydrogen-bond acceptors (Lipinski definition) is 3. The molecule has 0 saturated heterocycles. The first-order valence-electron chi connectivity index (χ1n) is 6.17. The molecule has 0 saturated carbocycles. The third-order valence-electron chi connectivity index (χ3n) is 2.62. The van der Waals surface area contributed by atoms with E-state index in [4.69, 9.17) is 4.74 Å². The second kappa shape index (κ2) is 6.58. The Labute approximate surface area is 112 Å². The molecule has 0 radical (unpaired) electrons. The molecule has 0 aliphatic heterocycles. The van der Waals surface area contributed by atoms with Crippen LogP contribution >= 0.6 is 0 Å². The van der Waals surface area contributed by atoms with E-state index < -0.39 is 6.09 Å². The molecule has 0 aliphatic carbocycles. The summed E-state index contributed by atoms with van der Waals surface area (Å²) in [6, 6.07) is 9.58. The highest BCUT2D eigenvalue weighted by Crippen LogP contribution is 2.01. The lowest BCUT2D eigenvalue weighted by molar-refractivity contribution is 0.135. The van der Waals surface area contributed by atoms with Crippen LogP contribution in [0.25, 0.3) is 0 Å². The van der Waals surface area contributed by atoms with Gasteiger partial charge in [0.1, 0.15) is 6.61 Å². The molecule has 0 fully saturated rings. The van der Waals surface area contributed by atoms with Crippen molar-refractivity contribution in [1.82, 2.24) is 14.9 Å². The summed E-state index contributed by atoms with van der Waals surface area (Å²) in [4.78, 5) is 15.5. The number of hydrogen-bond donors (Lipinski definition) is 1. The minimum atomic E-state index is -0.406. The Balaban J connectivity index is 1.72. The minimum absolute atomic E-state index is 0.0162. The monoisotopic (exact) mass is 259 g/mol. The molecule has 1 aromatic carbocycles. The number of nitrogens with one attached hydrogen (secondary N) is 1. The summed E-state index contributed by atoms with van der Waals surface area (Å²) < 4.78 is 7.05. The van der Waals surface area contributed by atoms with E-state index in [9.17, 15) is 4.79 Å². The highest BCUT2D eigenvalue weighted by Gasteiger charge is 2.08. The summed E-state index contributed by atoms with van der Waals surface area (Å²) in [5, 5.41) is 2.78. The second-order valence-corrected chi connectivity index (χ2v) is 4.37. The number of amides is 1. The first kappa shape index (κ1) is 13.1. The number of nitrogens with zero attached hydrogens (tertiary/aromatic N) is 2. The topological polar surface area (TPSA) is 56.2 Å². The molecule has 5 heteroatoms. The summed E-state index contributed by atoms with van der Waals surface area (Å²) in [5.74, 6) is 0. The van der Waals surface area contributed by atoms with E-state index in [1.54, 1.807) is 12.5 Å². The predicted octanol–water partition coefficient (Wildman–Crippen LogP) is 2.20. The summed E-state index contributed by atoms with van der Waals surface area (Å²) in [7, 11) is 0. The van der Waals surface area contributed by atoms with E-state index in [1.165, 1.54) is 0 Å². The van der Waals surface area contributed by atoms with E-state index in [0.29, 0.717) is 6.54 Å². The summed E-state index contributed by atoms with van der Waals surface area (Å²) >= 11 is 0. The maximum Gasteiger partial charge on any atom is 0.407 e. The Morgan fingerprint density at radius 2 is 2.21 bits per heavy atom. The standard InChI is InChI=1S/C14H17N3O2/c1-12(9-17-8-7-15-11-17)16-14(18)19-10-13-5-3-2-4-6-13/h2-8,11-12H,9-10H2,1H3,(H,16,18). The van der Waals surface area contributed by atoms with Crippen molar-refractivity contribution < 1.29 is 9.53 Å². The summed E-state index contributed by atoms with van der Waals surface area (Å²) in [5.41, 5.74) is 0.972. The Morgan fingerprint density at radius 1 is 1.42 bits per heavy atom. The minimum Gasteiger partial charge on any atom is -0.445 e. The summed E-state index contributed by atoms with van der Waals surface area (Å²) in [6.07, 6.45) is 4.87. The Kier molecular flexibility index (Phi) is 4.55. The average Bonchev–Trinajstić information content (AvgIpc) is 2.90. The van der Waals surface area contributed by atoms with Crippen molar-refractivity contribution in [3.8, 4) is 0 Å². The molecule has 100 valence electrons. The number of rotatable bonds is 5. The van der Waals surface area contributed by atoms with Crippen molar-refractivity contribution in [2.24, 2.45) is 0 Å². The van der Waals surface area contributed by atoms with Crippen molar-refractivity contribution in [3.05, 3.63) is 54.6 Å². The lowest BCUT2D eigenvalue weighted by Crippen LogP contribution is -2.35. The second-order valence-electron chi connectivity index (χ2n) is 4.37. The van der Waals surface area contributed by atoms with E-state index >= 15 is 0 Å². The van der Waals surface area contributed by atoms with Crippen molar-refractivity contribution in [2.45, 2.75) is 26.1 Å². The van der Waals surface area contributed by atoms with Gasteiger partial charge in [0, 0.05) is 25.0 Å². The molecule has 1 atom stereocenters. The lowest BCUT2D eigenvalue weighted by Gasteiger charge is -2.14. The van der Waals surface area contributed by atoms with Crippen molar-refractivity contribution in [3.63, 3.8) is 0 Å². The molecule has 2 aromatic rings. The van der Waals surface area contributed by atoms with Gasteiger partial charge in [0.25, 0.3) is 0 Å². The smallest absolute Gasteiger partial charge is 0.407 e. The number of carbonyl (C=O) groups is 1. The van der Waals surface area contributed by atoms with Crippen LogP contribution in [-0.2, 0) is 17.9 Å². The molecular weight excluding hydrogens is 242 g/mol. The zero-order chi connectivity index (χ0) is 13.5. The Bertz CT molecular complexity index is 497. The average molecular weight is 259 g/mol. The SMILES string of the molecule is CC(Cn1ccnc1)NC(=O)OCc1ccccc1. The van der Waals surface area contributed by atoms with E-state index in [2.05, 4.69) is 10.3 Å². The molecular formula is C14H17N3O2. The quantitative estimate of drug-likeness (QED) is 0.895. The number of ether oxygens (including phenoxy) is 1. The van der Waals surface area contributed by atoms with Gasteiger partial charge in [-0.25, -0.2) is 9.78 Å². The fourth-order valence-corrected chi connectivity index (χ4v) is 1.72. The molecule has 19 heavy (non-hydrogen) atoms. The number of carbonyl (C=O) groups excluding carboxylic acids is 1. The highest BCUT2D eigenvalue weighted by atomic mass is 16.5. The van der Waals surface area contributed by atoms with Gasteiger partial charge in [0.05, 0.1) is 6.33 Å². The molecule has 0 bridgehead atoms. The van der Waals surface area contributed by atoms with Crippen LogP contribution in [0.15, 0.2) is 49.1 Å². The molecule has 1 heterocycles. The fourth-order valence-electron chi connectivity index (χ4n) is 1.72. The molecule has 1 aromatic heterocycles. The van der Waals surface area contributed by atoms with Gasteiger partial charge in [0.2, 0.25) is 0 Å². The van der Waals surface area contributed by atoms with Gasteiger partial charge < -0.3 is 14.6 Å². The van der Waals surface area contributed by atoms with E-state index in [0.717, 1.165) is 5.56 Å². The molecule has 1 N–H and O–H groups in total. The third kappa shape index (κ3) is 4.46. The lowest BCUT2D eigenvalue weighted by atomic mass is 10.2. The van der Waals surface area contributed by atoms with Gasteiger partial charge in [-0.3, -0.25) is 0 Å². The predicted molar refractivity (Wildman–Crippen MR) is 71.5 cm³/mol. The maximum atomic E-state index is 11.6. The zero-order valence-electron chi connectivity index (χ0n) is 10.8. The van der Waals surface area contributed by atoms with Gasteiger partial charge in [0.15, 0.2) is 0 Å². The van der Waals surface area contributed by atoms with Gasteiger partial charge >= 0.3 is 6.09 Å². The normalized spacial score (nSPS) is 11.8. The van der Waals surface area contributed by atoms with Crippen LogP contribution < -0.4 is 5.32 Å². The maximum absolute atomic E-state index is 11.6. The van der Waals surface area contributed by atoms with Crippen LogP contribution in [0.5, 0.6) is 0 Å². The van der Waals surface area contributed by atoms with Crippen LogP contribution in [0.1, 0.15) is 12.5 Å². The van der Waals surface area contributed by atoms with Crippen LogP contribution in [0, 0.1) is 0 Å². The molecule has 0 spiro atoms. The van der Waals surface area contributed by atoms with Crippen LogP contribution in [0.2, 0.25) is 0 Å². The van der Waals surface area contributed by atoms with Gasteiger partial charge in [-0.15, -0.1) is 0 Å². The summed E-state index contributed by atoms with van der Waals surface area (Å²) in [6.45, 7) is 2.87. The number of aromatic nitrogens is 2. The molecule has 2 rings (SSSR count). The van der Waals surface area contributed by atoms with Crippen molar-refractivity contribution in [2.75, 3.05) is 0 Å².